The first-order valence-electron chi connectivity index (χ1n) is 7.22. The fourth-order valence-corrected chi connectivity index (χ4v) is 3.80. The number of nitrogens with zero attached hydrogens (tertiary/aromatic N) is 2. The first-order valence-corrected chi connectivity index (χ1v) is 8.04. The molecule has 5 heteroatoms. The second kappa shape index (κ2) is 4.99. The van der Waals surface area contributed by atoms with E-state index in [1.54, 1.807) is 22.6 Å². The normalized spacial score (nSPS) is 12.6. The van der Waals surface area contributed by atoms with Crippen molar-refractivity contribution in [2.75, 3.05) is 0 Å². The summed E-state index contributed by atoms with van der Waals surface area (Å²) < 4.78 is 15.2. The van der Waals surface area contributed by atoms with Crippen LogP contribution in [0.15, 0.2) is 41.2 Å². The van der Waals surface area contributed by atoms with Gasteiger partial charge in [0, 0.05) is 0 Å². The van der Waals surface area contributed by atoms with E-state index >= 15 is 0 Å². The van der Waals surface area contributed by atoms with Crippen LogP contribution in [0.3, 0.4) is 0 Å². The van der Waals surface area contributed by atoms with Gasteiger partial charge >= 0.3 is 0 Å². The number of rotatable bonds is 1. The largest absolute Gasteiger partial charge is 0.274 e. The monoisotopic (exact) mass is 324 g/mol. The van der Waals surface area contributed by atoms with Gasteiger partial charge in [0.05, 0.1) is 15.6 Å². The summed E-state index contributed by atoms with van der Waals surface area (Å²) >= 11 is 1.35. The summed E-state index contributed by atoms with van der Waals surface area (Å²) in [5.74, 6) is -0.289. The molecule has 0 aliphatic carbocycles. The van der Waals surface area contributed by atoms with Gasteiger partial charge in [-0.05, 0) is 54.8 Å². The molecule has 0 aliphatic heterocycles. The Morgan fingerprint density at radius 1 is 1.17 bits per heavy atom. The van der Waals surface area contributed by atoms with Gasteiger partial charge in [0.1, 0.15) is 5.82 Å². The number of benzene rings is 2. The van der Waals surface area contributed by atoms with Gasteiger partial charge in [0.25, 0.3) is 5.56 Å². The van der Waals surface area contributed by atoms with Gasteiger partial charge in [0.2, 0.25) is 0 Å². The van der Waals surface area contributed by atoms with Crippen LogP contribution < -0.4 is 10.1 Å². The highest BCUT2D eigenvalue weighted by Crippen LogP contribution is 2.21. The third-order valence-electron chi connectivity index (χ3n) is 3.85. The Labute approximate surface area is 135 Å². The van der Waals surface area contributed by atoms with Gasteiger partial charge in [0.15, 0.2) is 4.96 Å². The van der Waals surface area contributed by atoms with Gasteiger partial charge in [-0.2, -0.15) is 0 Å². The molecule has 4 rings (SSSR count). The lowest BCUT2D eigenvalue weighted by Crippen LogP contribution is -2.22. The zero-order valence-electron chi connectivity index (χ0n) is 12.6. The molecule has 0 radical (unpaired) electrons. The number of halogens is 1. The van der Waals surface area contributed by atoms with E-state index in [1.807, 2.05) is 19.9 Å². The Morgan fingerprint density at radius 3 is 2.65 bits per heavy atom. The molecule has 0 spiro atoms. The average Bonchev–Trinajstić information content (AvgIpc) is 3.00. The predicted octanol–water partition coefficient (Wildman–Crippen LogP) is 3.21. The quantitative estimate of drug-likeness (QED) is 0.539. The van der Waals surface area contributed by atoms with E-state index in [4.69, 9.17) is 0 Å². The minimum absolute atomic E-state index is 0.0816. The molecule has 0 saturated heterocycles. The van der Waals surface area contributed by atoms with Crippen LogP contribution in [0, 0.1) is 19.7 Å². The molecule has 114 valence electrons. The van der Waals surface area contributed by atoms with Crippen molar-refractivity contribution in [2.45, 2.75) is 13.8 Å². The maximum absolute atomic E-state index is 13.0. The second-order valence-corrected chi connectivity index (χ2v) is 6.66. The summed E-state index contributed by atoms with van der Waals surface area (Å²) in [5, 5.41) is 0. The van der Waals surface area contributed by atoms with E-state index in [0.717, 1.165) is 27.7 Å². The summed E-state index contributed by atoms with van der Waals surface area (Å²) in [4.78, 5) is 18.0. The Hall–Kier alpha value is -2.53. The number of hydrogen-bond donors (Lipinski definition) is 0. The molecule has 0 unspecified atom stereocenters. The Kier molecular flexibility index (Phi) is 3.06. The molecule has 0 atom stereocenters. The molecule has 0 amide bonds. The summed E-state index contributed by atoms with van der Waals surface area (Å²) in [5.41, 5.74) is 4.60. The smallest absolute Gasteiger partial charge is 0.267 e. The third-order valence-corrected chi connectivity index (χ3v) is 4.82. The fraction of sp³-hybridized carbons (Fsp3) is 0.111. The van der Waals surface area contributed by atoms with E-state index in [-0.39, 0.29) is 11.4 Å². The SMILES string of the molecule is Cc1cc(C)c2nc3s/c(=C\c4ccc(F)cc4)c(=O)n3c2c1. The molecule has 2 aromatic heterocycles. The van der Waals surface area contributed by atoms with Crippen LogP contribution in [0.2, 0.25) is 0 Å². The molecule has 0 N–H and O–H groups in total. The molecular weight excluding hydrogens is 311 g/mol. The average molecular weight is 324 g/mol. The molecule has 4 aromatic rings. The number of hydrogen-bond acceptors (Lipinski definition) is 3. The third kappa shape index (κ3) is 2.24. The lowest BCUT2D eigenvalue weighted by Gasteiger charge is -1.97. The Morgan fingerprint density at radius 2 is 1.91 bits per heavy atom. The Bertz CT molecular complexity index is 1160. The molecule has 2 aromatic carbocycles. The van der Waals surface area contributed by atoms with E-state index in [0.29, 0.717) is 9.49 Å². The standard InChI is InChI=1S/C18H13FN2OS/c1-10-7-11(2)16-14(8-10)21-17(22)15(23-18(21)20-16)9-12-3-5-13(19)6-4-12/h3-9H,1-2H3/b15-9-. The molecule has 0 saturated carbocycles. The van der Waals surface area contributed by atoms with Crippen molar-refractivity contribution in [2.24, 2.45) is 0 Å². The fourth-order valence-electron chi connectivity index (χ4n) is 2.82. The van der Waals surface area contributed by atoms with Gasteiger partial charge in [-0.1, -0.05) is 29.5 Å². The number of thiazole rings is 1. The van der Waals surface area contributed by atoms with Crippen molar-refractivity contribution >= 4 is 33.4 Å². The highest BCUT2D eigenvalue weighted by atomic mass is 32.1. The minimum atomic E-state index is -0.289. The van der Waals surface area contributed by atoms with Gasteiger partial charge in [-0.15, -0.1) is 0 Å². The Balaban J connectivity index is 2.02. The van der Waals surface area contributed by atoms with Crippen molar-refractivity contribution in [1.29, 1.82) is 0 Å². The molecule has 0 bridgehead atoms. The molecule has 23 heavy (non-hydrogen) atoms. The highest BCUT2D eigenvalue weighted by molar-refractivity contribution is 7.15. The molecule has 2 heterocycles. The summed E-state index contributed by atoms with van der Waals surface area (Å²) in [6, 6.07) is 10.1. The van der Waals surface area contributed by atoms with Crippen LogP contribution >= 0.6 is 11.3 Å². The van der Waals surface area contributed by atoms with Crippen LogP contribution in [-0.4, -0.2) is 9.38 Å². The summed E-state index contributed by atoms with van der Waals surface area (Å²) in [7, 11) is 0. The number of aromatic nitrogens is 2. The van der Waals surface area contributed by atoms with Crippen molar-refractivity contribution in [3.63, 3.8) is 0 Å². The predicted molar refractivity (Wildman–Crippen MR) is 91.5 cm³/mol. The van der Waals surface area contributed by atoms with Gasteiger partial charge in [-0.25, -0.2) is 13.8 Å². The van der Waals surface area contributed by atoms with Gasteiger partial charge in [-0.3, -0.25) is 4.79 Å². The van der Waals surface area contributed by atoms with Crippen LogP contribution in [0.1, 0.15) is 16.7 Å². The van der Waals surface area contributed by atoms with Crippen LogP contribution in [-0.2, 0) is 0 Å². The van der Waals surface area contributed by atoms with Crippen molar-refractivity contribution in [1.82, 2.24) is 9.38 Å². The van der Waals surface area contributed by atoms with Crippen molar-refractivity contribution < 1.29 is 4.39 Å². The summed E-state index contributed by atoms with van der Waals surface area (Å²) in [6.07, 6.45) is 1.77. The molecule has 0 fully saturated rings. The van der Waals surface area contributed by atoms with Crippen molar-refractivity contribution in [3.8, 4) is 0 Å². The van der Waals surface area contributed by atoms with Crippen molar-refractivity contribution in [3.05, 3.63) is 73.8 Å². The zero-order valence-corrected chi connectivity index (χ0v) is 13.4. The van der Waals surface area contributed by atoms with Gasteiger partial charge < -0.3 is 0 Å². The summed E-state index contributed by atoms with van der Waals surface area (Å²) in [6.45, 7) is 4.01. The van der Waals surface area contributed by atoms with E-state index < -0.39 is 0 Å². The van der Waals surface area contributed by atoms with Crippen LogP contribution in [0.25, 0.3) is 22.1 Å². The first kappa shape index (κ1) is 14.1. The topological polar surface area (TPSA) is 34.4 Å². The minimum Gasteiger partial charge on any atom is -0.267 e. The number of aryl methyl sites for hydroxylation is 2. The first-order chi connectivity index (χ1) is 11.0. The van der Waals surface area contributed by atoms with E-state index in [9.17, 15) is 9.18 Å². The second-order valence-electron chi connectivity index (χ2n) is 5.65. The lowest BCUT2D eigenvalue weighted by atomic mass is 10.1. The number of fused-ring (bicyclic) bond motifs is 3. The maximum atomic E-state index is 13.0. The highest BCUT2D eigenvalue weighted by Gasteiger charge is 2.13. The molecule has 3 nitrogen and oxygen atoms in total. The maximum Gasteiger partial charge on any atom is 0.274 e. The number of imidazole rings is 1. The zero-order chi connectivity index (χ0) is 16.1. The van der Waals surface area contributed by atoms with Crippen LogP contribution in [0.4, 0.5) is 4.39 Å². The van der Waals surface area contributed by atoms with E-state index in [1.165, 1.54) is 23.5 Å². The van der Waals surface area contributed by atoms with Crippen LogP contribution in [0.5, 0.6) is 0 Å². The van der Waals surface area contributed by atoms with E-state index in [2.05, 4.69) is 11.1 Å². The molecular formula is C18H13FN2OS. The lowest BCUT2D eigenvalue weighted by molar-refractivity contribution is 0.628. The molecule has 0 aliphatic rings.